The molecule has 0 aromatic heterocycles. The predicted octanol–water partition coefficient (Wildman–Crippen LogP) is 5.76. The van der Waals surface area contributed by atoms with Crippen molar-refractivity contribution in [3.63, 3.8) is 0 Å². The molecule has 0 aliphatic rings. The lowest BCUT2D eigenvalue weighted by Crippen LogP contribution is -2.43. The summed E-state index contributed by atoms with van der Waals surface area (Å²) in [4.78, 5) is 24.3. The van der Waals surface area contributed by atoms with E-state index in [1.54, 1.807) is 18.2 Å². The van der Waals surface area contributed by atoms with Gasteiger partial charge in [0.1, 0.15) is 11.5 Å². The number of hydrogen-bond acceptors (Lipinski definition) is 4. The highest BCUT2D eigenvalue weighted by Gasteiger charge is 2.11. The lowest BCUT2D eigenvalue weighted by Gasteiger charge is -2.12. The Morgan fingerprint density at radius 2 is 1.72 bits per heavy atom. The largest absolute Gasteiger partial charge is 0.492 e. The van der Waals surface area contributed by atoms with Gasteiger partial charge in [-0.15, -0.1) is 0 Å². The summed E-state index contributed by atoms with van der Waals surface area (Å²) in [5, 5.41) is 0. The molecule has 1 unspecified atom stereocenters. The van der Waals surface area contributed by atoms with Crippen LogP contribution in [0.5, 0.6) is 11.5 Å². The van der Waals surface area contributed by atoms with E-state index in [9.17, 15) is 9.59 Å². The molecule has 2 aromatic rings. The minimum Gasteiger partial charge on any atom is -0.492 e. The first-order valence-electron chi connectivity index (χ1n) is 11.2. The van der Waals surface area contributed by atoms with Gasteiger partial charge in [-0.1, -0.05) is 52.2 Å². The zero-order chi connectivity index (χ0) is 23.3. The molecule has 32 heavy (non-hydrogen) atoms. The first-order chi connectivity index (χ1) is 15.4. The molecule has 0 radical (unpaired) electrons. The van der Waals surface area contributed by atoms with Crippen molar-refractivity contribution < 1.29 is 19.1 Å². The Morgan fingerprint density at radius 1 is 0.969 bits per heavy atom. The molecule has 0 bridgehead atoms. The van der Waals surface area contributed by atoms with Gasteiger partial charge in [0, 0.05) is 5.56 Å². The molecule has 0 aliphatic carbocycles. The summed E-state index contributed by atoms with van der Waals surface area (Å²) in [7, 11) is 0. The third-order valence-corrected chi connectivity index (χ3v) is 5.82. The number of unbranched alkanes of at least 4 members (excludes halogenated alkanes) is 3. The third kappa shape index (κ3) is 8.54. The number of benzene rings is 2. The second-order valence-electron chi connectivity index (χ2n) is 7.72. The van der Waals surface area contributed by atoms with Crippen LogP contribution in [-0.4, -0.2) is 25.0 Å². The molecular weight excluding hydrogens is 472 g/mol. The highest BCUT2D eigenvalue weighted by atomic mass is 79.9. The normalized spacial score (nSPS) is 11.5. The fraction of sp³-hybridized carbons (Fsp3) is 0.440. The van der Waals surface area contributed by atoms with Crippen LogP contribution in [0, 0.1) is 0 Å². The van der Waals surface area contributed by atoms with E-state index < -0.39 is 11.8 Å². The zero-order valence-electron chi connectivity index (χ0n) is 19.1. The standard InChI is InChI=1S/C25H33BrN2O4/c1-4-6-7-8-15-31-23-14-11-20(16-22(23)26)25(30)28-27-24(29)17-32-21-12-9-19(10-13-21)18(3)5-2/h9-14,16,18H,4-8,15,17H2,1-3H3,(H,27,29)(H,28,30). The molecule has 2 N–H and O–H groups in total. The molecule has 6 nitrogen and oxygen atoms in total. The van der Waals surface area contributed by atoms with Gasteiger partial charge in [-0.05, 0) is 70.6 Å². The van der Waals surface area contributed by atoms with E-state index in [4.69, 9.17) is 9.47 Å². The SMILES string of the molecule is CCCCCCOc1ccc(C(=O)NNC(=O)COc2ccc(C(C)CC)cc2)cc1Br. The summed E-state index contributed by atoms with van der Waals surface area (Å²) in [6.07, 6.45) is 5.58. The maximum absolute atomic E-state index is 12.3. The highest BCUT2D eigenvalue weighted by molar-refractivity contribution is 9.10. The van der Waals surface area contributed by atoms with E-state index >= 15 is 0 Å². The quantitative estimate of drug-likeness (QED) is 0.284. The Kier molecular flexibility index (Phi) is 11.1. The number of hydrazine groups is 1. The van der Waals surface area contributed by atoms with Gasteiger partial charge in [-0.3, -0.25) is 20.4 Å². The fourth-order valence-corrected chi connectivity index (χ4v) is 3.48. The maximum atomic E-state index is 12.3. The van der Waals surface area contributed by atoms with Crippen LogP contribution in [0.25, 0.3) is 0 Å². The summed E-state index contributed by atoms with van der Waals surface area (Å²) in [6, 6.07) is 12.8. The second-order valence-corrected chi connectivity index (χ2v) is 8.58. The molecule has 0 spiro atoms. The van der Waals surface area contributed by atoms with Gasteiger partial charge in [-0.25, -0.2) is 0 Å². The monoisotopic (exact) mass is 504 g/mol. The molecule has 2 aromatic carbocycles. The minimum absolute atomic E-state index is 0.197. The molecule has 0 aliphatic heterocycles. The molecule has 0 saturated heterocycles. The van der Waals surface area contributed by atoms with Crippen LogP contribution < -0.4 is 20.3 Å². The average molecular weight is 505 g/mol. The van der Waals surface area contributed by atoms with Crippen molar-refractivity contribution in [3.05, 3.63) is 58.1 Å². The average Bonchev–Trinajstić information content (AvgIpc) is 2.81. The molecule has 174 valence electrons. The van der Waals surface area contributed by atoms with E-state index in [2.05, 4.69) is 47.6 Å². The van der Waals surface area contributed by atoms with Gasteiger partial charge in [0.05, 0.1) is 11.1 Å². The van der Waals surface area contributed by atoms with Crippen LogP contribution >= 0.6 is 15.9 Å². The predicted molar refractivity (Wildman–Crippen MR) is 130 cm³/mol. The Balaban J connectivity index is 1.75. The van der Waals surface area contributed by atoms with Crippen molar-refractivity contribution in [2.45, 2.75) is 58.8 Å². The molecule has 2 rings (SSSR count). The third-order valence-electron chi connectivity index (χ3n) is 5.20. The summed E-state index contributed by atoms with van der Waals surface area (Å²) in [5.41, 5.74) is 6.40. The summed E-state index contributed by atoms with van der Waals surface area (Å²) < 4.78 is 11.9. The van der Waals surface area contributed by atoms with Crippen molar-refractivity contribution in [2.24, 2.45) is 0 Å². The molecule has 0 fully saturated rings. The van der Waals surface area contributed by atoms with Crippen molar-refractivity contribution in [3.8, 4) is 11.5 Å². The number of hydrogen-bond donors (Lipinski definition) is 2. The molecule has 0 saturated carbocycles. The van der Waals surface area contributed by atoms with Gasteiger partial charge >= 0.3 is 0 Å². The minimum atomic E-state index is -0.449. The topological polar surface area (TPSA) is 76.7 Å². The number of nitrogens with one attached hydrogen (secondary N) is 2. The van der Waals surface area contributed by atoms with E-state index in [1.165, 1.54) is 18.4 Å². The Bertz CT molecular complexity index is 871. The zero-order valence-corrected chi connectivity index (χ0v) is 20.7. The highest BCUT2D eigenvalue weighted by Crippen LogP contribution is 2.26. The fourth-order valence-electron chi connectivity index (χ4n) is 2.98. The van der Waals surface area contributed by atoms with E-state index in [0.717, 1.165) is 19.3 Å². The number of amides is 2. The van der Waals surface area contributed by atoms with Crippen LogP contribution in [0.15, 0.2) is 46.9 Å². The molecule has 0 heterocycles. The van der Waals surface area contributed by atoms with Crippen molar-refractivity contribution in [1.29, 1.82) is 0 Å². The van der Waals surface area contributed by atoms with E-state index in [1.807, 2.05) is 24.3 Å². The van der Waals surface area contributed by atoms with Crippen molar-refractivity contribution in [1.82, 2.24) is 10.9 Å². The summed E-state index contributed by atoms with van der Waals surface area (Å²) in [6.45, 7) is 6.92. The van der Waals surface area contributed by atoms with Gasteiger partial charge in [0.2, 0.25) is 0 Å². The second kappa shape index (κ2) is 13.8. The molecule has 1 atom stereocenters. The Labute approximate surface area is 199 Å². The number of ether oxygens (including phenoxy) is 2. The number of halogens is 1. The van der Waals surface area contributed by atoms with E-state index in [-0.39, 0.29) is 6.61 Å². The van der Waals surface area contributed by atoms with Crippen LogP contribution in [0.1, 0.15) is 74.7 Å². The molecular formula is C25H33BrN2O4. The lowest BCUT2D eigenvalue weighted by atomic mass is 9.99. The van der Waals surface area contributed by atoms with Crippen LogP contribution in [0.4, 0.5) is 0 Å². The first-order valence-corrected chi connectivity index (χ1v) is 12.0. The summed E-state index contributed by atoms with van der Waals surface area (Å²) >= 11 is 3.44. The maximum Gasteiger partial charge on any atom is 0.276 e. The van der Waals surface area contributed by atoms with Gasteiger partial charge in [0.15, 0.2) is 6.61 Å². The Morgan fingerprint density at radius 3 is 2.38 bits per heavy atom. The Hall–Kier alpha value is -2.54. The molecule has 2 amide bonds. The van der Waals surface area contributed by atoms with Crippen LogP contribution in [-0.2, 0) is 4.79 Å². The lowest BCUT2D eigenvalue weighted by molar-refractivity contribution is -0.123. The smallest absolute Gasteiger partial charge is 0.276 e. The number of carbonyl (C=O) groups excluding carboxylic acids is 2. The number of carbonyl (C=O) groups is 2. The van der Waals surface area contributed by atoms with Gasteiger partial charge in [-0.2, -0.15) is 0 Å². The molecule has 7 heteroatoms. The first kappa shape index (κ1) is 25.7. The van der Waals surface area contributed by atoms with E-state index in [0.29, 0.717) is 34.1 Å². The van der Waals surface area contributed by atoms with Crippen LogP contribution in [0.3, 0.4) is 0 Å². The van der Waals surface area contributed by atoms with Crippen molar-refractivity contribution in [2.75, 3.05) is 13.2 Å². The number of rotatable bonds is 12. The summed E-state index contributed by atoms with van der Waals surface area (Å²) in [5.74, 6) is 0.901. The van der Waals surface area contributed by atoms with Crippen molar-refractivity contribution >= 4 is 27.7 Å². The van der Waals surface area contributed by atoms with Gasteiger partial charge in [0.25, 0.3) is 11.8 Å². The van der Waals surface area contributed by atoms with Crippen LogP contribution in [0.2, 0.25) is 0 Å². The van der Waals surface area contributed by atoms with Gasteiger partial charge < -0.3 is 9.47 Å².